The van der Waals surface area contributed by atoms with E-state index in [2.05, 4.69) is 28.1 Å². The normalized spacial score (nSPS) is 14.8. The molecule has 2 N–H and O–H groups in total. The zero-order chi connectivity index (χ0) is 12.3. The fourth-order valence-electron chi connectivity index (χ4n) is 1.89. The third kappa shape index (κ3) is 3.73. The highest BCUT2D eigenvalue weighted by Gasteiger charge is 2.16. The third-order valence-corrected chi connectivity index (χ3v) is 5.90. The molecule has 0 bridgehead atoms. The summed E-state index contributed by atoms with van der Waals surface area (Å²) < 4.78 is 13.2. The number of aryl methyl sites for hydroxylation is 2. The molecule has 0 spiro atoms. The Hall–Kier alpha value is -0.110. The first-order valence-corrected chi connectivity index (χ1v) is 8.42. The molecule has 4 heteroatoms. The maximum Gasteiger partial charge on any atom is 0.149 e. The number of hydrogen-bond donors (Lipinski definition) is 1. The van der Waals surface area contributed by atoms with E-state index in [-0.39, 0.29) is 0 Å². The standard InChI is InChI=1S/C12H19BrNOP/c1-4-5-16(14,15)8-11-6-9(2)12(13)10(3)7-11/h6-7H,4-5,8H2,1-3H3,(H2,14,15). The Balaban J connectivity index is 2.95. The molecule has 1 aromatic carbocycles. The number of nitrogens with two attached hydrogens (primary N) is 1. The summed E-state index contributed by atoms with van der Waals surface area (Å²) in [5, 5.41) is 0. The number of hydrogen-bond acceptors (Lipinski definition) is 1. The minimum Gasteiger partial charge on any atom is -0.307 e. The van der Waals surface area contributed by atoms with Crippen LogP contribution in [0.3, 0.4) is 0 Å². The van der Waals surface area contributed by atoms with Crippen LogP contribution in [0.5, 0.6) is 0 Å². The van der Waals surface area contributed by atoms with Gasteiger partial charge in [-0.15, -0.1) is 0 Å². The first kappa shape index (κ1) is 14.0. The van der Waals surface area contributed by atoms with Crippen LogP contribution in [0.4, 0.5) is 0 Å². The monoisotopic (exact) mass is 303 g/mol. The van der Waals surface area contributed by atoms with Gasteiger partial charge in [-0.1, -0.05) is 35.0 Å². The summed E-state index contributed by atoms with van der Waals surface area (Å²) >= 11 is 3.52. The summed E-state index contributed by atoms with van der Waals surface area (Å²) in [6.07, 6.45) is 2.01. The molecule has 0 aromatic heterocycles. The number of halogens is 1. The molecule has 1 aromatic rings. The Morgan fingerprint density at radius 1 is 1.31 bits per heavy atom. The predicted octanol–water partition coefficient (Wildman–Crippen LogP) is 4.21. The maximum absolute atomic E-state index is 12.1. The molecule has 1 rings (SSSR count). The minimum atomic E-state index is -2.48. The smallest absolute Gasteiger partial charge is 0.149 e. The van der Waals surface area contributed by atoms with Crippen LogP contribution < -0.4 is 5.50 Å². The summed E-state index contributed by atoms with van der Waals surface area (Å²) in [6.45, 7) is 6.10. The third-order valence-electron chi connectivity index (χ3n) is 2.55. The molecular weight excluding hydrogens is 285 g/mol. The molecule has 0 saturated carbocycles. The molecular formula is C12H19BrNOP. The Labute approximate surface area is 106 Å². The van der Waals surface area contributed by atoms with Crippen LogP contribution in [-0.2, 0) is 10.7 Å². The largest absolute Gasteiger partial charge is 0.307 e. The highest BCUT2D eigenvalue weighted by atomic mass is 79.9. The van der Waals surface area contributed by atoms with Crippen molar-refractivity contribution in [3.05, 3.63) is 33.3 Å². The second-order valence-corrected chi connectivity index (χ2v) is 7.84. The first-order valence-electron chi connectivity index (χ1n) is 5.48. The average molecular weight is 304 g/mol. The molecule has 0 aliphatic carbocycles. The van der Waals surface area contributed by atoms with Crippen molar-refractivity contribution < 1.29 is 4.57 Å². The lowest BCUT2D eigenvalue weighted by Crippen LogP contribution is -2.03. The van der Waals surface area contributed by atoms with Crippen molar-refractivity contribution in [3.8, 4) is 0 Å². The van der Waals surface area contributed by atoms with E-state index >= 15 is 0 Å². The van der Waals surface area contributed by atoms with Crippen molar-refractivity contribution >= 4 is 23.2 Å². The van der Waals surface area contributed by atoms with Gasteiger partial charge in [0.05, 0.1) is 0 Å². The molecule has 16 heavy (non-hydrogen) atoms. The van der Waals surface area contributed by atoms with Crippen molar-refractivity contribution in [2.75, 3.05) is 6.16 Å². The Bertz CT molecular complexity index is 408. The van der Waals surface area contributed by atoms with Crippen LogP contribution >= 0.6 is 23.2 Å². The van der Waals surface area contributed by atoms with Crippen LogP contribution in [0, 0.1) is 13.8 Å². The van der Waals surface area contributed by atoms with Crippen LogP contribution in [0.2, 0.25) is 0 Å². The quantitative estimate of drug-likeness (QED) is 0.847. The van der Waals surface area contributed by atoms with E-state index in [1.165, 1.54) is 11.1 Å². The van der Waals surface area contributed by atoms with Crippen LogP contribution in [0.1, 0.15) is 30.0 Å². The Morgan fingerprint density at radius 2 is 1.81 bits per heavy atom. The SMILES string of the molecule is CCCP(N)(=O)Cc1cc(C)c(Br)c(C)c1. The van der Waals surface area contributed by atoms with Crippen LogP contribution in [0.15, 0.2) is 16.6 Å². The molecule has 0 saturated heterocycles. The molecule has 0 aliphatic rings. The molecule has 1 unspecified atom stereocenters. The summed E-state index contributed by atoms with van der Waals surface area (Å²) in [7, 11) is -2.48. The minimum absolute atomic E-state index is 0.510. The van der Waals surface area contributed by atoms with E-state index < -0.39 is 7.29 Å². The average Bonchev–Trinajstić information content (AvgIpc) is 2.13. The lowest BCUT2D eigenvalue weighted by atomic mass is 10.1. The van der Waals surface area contributed by atoms with Gasteiger partial charge in [0.2, 0.25) is 0 Å². The van der Waals surface area contributed by atoms with Gasteiger partial charge in [0, 0.05) is 16.8 Å². The summed E-state index contributed by atoms with van der Waals surface area (Å²) in [4.78, 5) is 0. The molecule has 0 amide bonds. The van der Waals surface area contributed by atoms with Gasteiger partial charge in [0.15, 0.2) is 0 Å². The zero-order valence-electron chi connectivity index (χ0n) is 10.1. The summed E-state index contributed by atoms with van der Waals surface area (Å²) in [5.41, 5.74) is 9.27. The van der Waals surface area contributed by atoms with Gasteiger partial charge in [-0.25, -0.2) is 0 Å². The highest BCUT2D eigenvalue weighted by molar-refractivity contribution is 9.10. The molecule has 1 atom stereocenters. The molecule has 2 nitrogen and oxygen atoms in total. The number of benzene rings is 1. The van der Waals surface area contributed by atoms with E-state index in [0.717, 1.165) is 16.5 Å². The van der Waals surface area contributed by atoms with Crippen molar-refractivity contribution in [3.63, 3.8) is 0 Å². The molecule has 0 aliphatic heterocycles. The Kier molecular flexibility index (Phi) is 4.78. The van der Waals surface area contributed by atoms with Gasteiger partial charge in [-0.2, -0.15) is 0 Å². The van der Waals surface area contributed by atoms with Crippen molar-refractivity contribution in [2.24, 2.45) is 5.50 Å². The molecule has 0 heterocycles. The fraction of sp³-hybridized carbons (Fsp3) is 0.500. The lowest BCUT2D eigenvalue weighted by Gasteiger charge is -2.13. The molecule has 0 fully saturated rings. The van der Waals surface area contributed by atoms with Crippen LogP contribution in [0.25, 0.3) is 0 Å². The number of rotatable bonds is 4. The van der Waals surface area contributed by atoms with E-state index in [4.69, 9.17) is 5.50 Å². The van der Waals surface area contributed by atoms with Gasteiger partial charge >= 0.3 is 0 Å². The Morgan fingerprint density at radius 3 is 2.25 bits per heavy atom. The molecule has 0 radical (unpaired) electrons. The lowest BCUT2D eigenvalue weighted by molar-refractivity contribution is 0.574. The topological polar surface area (TPSA) is 43.1 Å². The summed E-state index contributed by atoms with van der Waals surface area (Å²) in [6, 6.07) is 4.12. The molecule has 90 valence electrons. The summed E-state index contributed by atoms with van der Waals surface area (Å²) in [5.74, 6) is 0. The van der Waals surface area contributed by atoms with E-state index in [0.29, 0.717) is 12.3 Å². The van der Waals surface area contributed by atoms with Gasteiger partial charge in [-0.05, 0) is 37.0 Å². The second-order valence-electron chi connectivity index (χ2n) is 4.38. The van der Waals surface area contributed by atoms with Gasteiger partial charge in [0.25, 0.3) is 0 Å². The van der Waals surface area contributed by atoms with E-state index in [1.807, 2.05) is 20.8 Å². The van der Waals surface area contributed by atoms with E-state index in [9.17, 15) is 4.57 Å². The first-order chi connectivity index (χ1) is 7.35. The van der Waals surface area contributed by atoms with Crippen molar-refractivity contribution in [2.45, 2.75) is 33.4 Å². The fourth-order valence-corrected chi connectivity index (χ4v) is 3.84. The van der Waals surface area contributed by atoms with Crippen molar-refractivity contribution in [1.82, 2.24) is 0 Å². The maximum atomic E-state index is 12.1. The van der Waals surface area contributed by atoms with Gasteiger partial charge < -0.3 is 4.57 Å². The second kappa shape index (κ2) is 5.48. The zero-order valence-corrected chi connectivity index (χ0v) is 12.6. The van der Waals surface area contributed by atoms with Gasteiger partial charge in [-0.3, -0.25) is 5.50 Å². The van der Waals surface area contributed by atoms with Crippen LogP contribution in [-0.4, -0.2) is 6.16 Å². The highest BCUT2D eigenvalue weighted by Crippen LogP contribution is 2.41. The van der Waals surface area contributed by atoms with Gasteiger partial charge in [0.1, 0.15) is 7.29 Å². The van der Waals surface area contributed by atoms with Crippen molar-refractivity contribution in [1.29, 1.82) is 0 Å². The predicted molar refractivity (Wildman–Crippen MR) is 74.3 cm³/mol. The van der Waals surface area contributed by atoms with E-state index in [1.54, 1.807) is 0 Å².